The van der Waals surface area contributed by atoms with Crippen LogP contribution in [0.2, 0.25) is 0 Å². The number of benzene rings is 3. The molecule has 0 saturated carbocycles. The fourth-order valence-electron chi connectivity index (χ4n) is 4.39. The van der Waals surface area contributed by atoms with Gasteiger partial charge in [0.05, 0.1) is 18.2 Å². The van der Waals surface area contributed by atoms with Crippen molar-refractivity contribution >= 4 is 17.5 Å². The van der Waals surface area contributed by atoms with E-state index in [1.165, 1.54) is 0 Å². The lowest BCUT2D eigenvalue weighted by atomic mass is 9.98. The Hall–Kier alpha value is -3.77. The molecule has 2 aliphatic heterocycles. The third kappa shape index (κ3) is 4.13. The Kier molecular flexibility index (Phi) is 5.75. The zero-order valence-corrected chi connectivity index (χ0v) is 19.9. The Labute approximate surface area is 200 Å². The highest BCUT2D eigenvalue weighted by Crippen LogP contribution is 2.44. The molecule has 0 spiro atoms. The number of aryl methyl sites for hydroxylation is 1. The van der Waals surface area contributed by atoms with Gasteiger partial charge >= 0.3 is 0 Å². The summed E-state index contributed by atoms with van der Waals surface area (Å²) in [5, 5.41) is 0. The van der Waals surface area contributed by atoms with Gasteiger partial charge in [0.1, 0.15) is 24.0 Å². The molecule has 2 heterocycles. The number of methoxy groups -OCH3 is 1. The number of fused-ring (bicyclic) bond motifs is 3. The second kappa shape index (κ2) is 8.88. The lowest BCUT2D eigenvalue weighted by Crippen LogP contribution is -2.31. The normalized spacial score (nSPS) is 16.0. The van der Waals surface area contributed by atoms with E-state index < -0.39 is 0 Å². The average molecular weight is 457 g/mol. The predicted molar refractivity (Wildman–Crippen MR) is 133 cm³/mol. The van der Waals surface area contributed by atoms with Crippen molar-refractivity contribution in [3.8, 4) is 17.2 Å². The minimum atomic E-state index is -0.0840. The molecule has 0 bridgehead atoms. The summed E-state index contributed by atoms with van der Waals surface area (Å²) in [6, 6.07) is 18.0. The van der Waals surface area contributed by atoms with Gasteiger partial charge in [0.15, 0.2) is 5.76 Å². The van der Waals surface area contributed by atoms with E-state index in [0.717, 1.165) is 46.0 Å². The van der Waals surface area contributed by atoms with E-state index >= 15 is 0 Å². The number of rotatable bonds is 5. The molecule has 2 aliphatic rings. The minimum Gasteiger partial charge on any atom is -0.497 e. The summed E-state index contributed by atoms with van der Waals surface area (Å²) in [5.41, 5.74) is 5.60. The summed E-state index contributed by atoms with van der Waals surface area (Å²) in [4.78, 5) is 17.5. The summed E-state index contributed by atoms with van der Waals surface area (Å²) in [6.07, 6.45) is 1.81. The predicted octanol–water partition coefficient (Wildman–Crippen LogP) is 5.04. The van der Waals surface area contributed by atoms with Crippen LogP contribution in [0.4, 0.5) is 5.69 Å². The smallest absolute Gasteiger partial charge is 0.232 e. The van der Waals surface area contributed by atoms with Gasteiger partial charge in [0, 0.05) is 32.9 Å². The van der Waals surface area contributed by atoms with Crippen molar-refractivity contribution in [3.63, 3.8) is 0 Å². The number of nitrogens with zero attached hydrogens (tertiary/aromatic N) is 2. The Morgan fingerprint density at radius 1 is 1.09 bits per heavy atom. The molecule has 0 radical (unpaired) electrons. The SMILES string of the molecule is COc1ccc(CN2COc3cc(C)c4c(c3C2)O/C(=C\c2ccc(N(C)C)cc2)C4=O)cc1. The van der Waals surface area contributed by atoms with E-state index in [1.54, 1.807) is 7.11 Å². The Morgan fingerprint density at radius 3 is 2.50 bits per heavy atom. The number of hydrogen-bond acceptors (Lipinski definition) is 6. The molecule has 0 fully saturated rings. The quantitative estimate of drug-likeness (QED) is 0.502. The van der Waals surface area contributed by atoms with Crippen LogP contribution in [0.3, 0.4) is 0 Å². The highest BCUT2D eigenvalue weighted by Gasteiger charge is 2.35. The summed E-state index contributed by atoms with van der Waals surface area (Å²) in [7, 11) is 5.66. The summed E-state index contributed by atoms with van der Waals surface area (Å²) in [6.45, 7) is 3.78. The minimum absolute atomic E-state index is 0.0840. The zero-order valence-electron chi connectivity index (χ0n) is 19.9. The second-order valence-corrected chi connectivity index (χ2v) is 8.91. The third-order valence-electron chi connectivity index (χ3n) is 6.26. The third-order valence-corrected chi connectivity index (χ3v) is 6.26. The first kappa shape index (κ1) is 22.0. The van der Waals surface area contributed by atoms with Crippen molar-refractivity contribution in [1.82, 2.24) is 4.90 Å². The van der Waals surface area contributed by atoms with Crippen LogP contribution in [0.5, 0.6) is 17.2 Å². The monoisotopic (exact) mass is 456 g/mol. The van der Waals surface area contributed by atoms with Crippen LogP contribution in [0.25, 0.3) is 6.08 Å². The van der Waals surface area contributed by atoms with Gasteiger partial charge in [-0.2, -0.15) is 0 Å². The summed E-state index contributed by atoms with van der Waals surface area (Å²) >= 11 is 0. The van der Waals surface area contributed by atoms with Gasteiger partial charge in [0.25, 0.3) is 0 Å². The summed E-state index contributed by atoms with van der Waals surface area (Å²) < 4.78 is 17.5. The van der Waals surface area contributed by atoms with Gasteiger partial charge in [0.2, 0.25) is 5.78 Å². The van der Waals surface area contributed by atoms with Crippen LogP contribution < -0.4 is 19.1 Å². The maximum Gasteiger partial charge on any atom is 0.232 e. The lowest BCUT2D eigenvalue weighted by molar-refractivity contribution is 0.0872. The zero-order chi connectivity index (χ0) is 23.8. The molecule has 5 rings (SSSR count). The average Bonchev–Trinajstić information content (AvgIpc) is 3.17. The molecule has 0 saturated heterocycles. The van der Waals surface area contributed by atoms with Crippen LogP contribution in [-0.4, -0.2) is 38.6 Å². The van der Waals surface area contributed by atoms with Crippen molar-refractivity contribution in [2.75, 3.05) is 32.8 Å². The number of allylic oxidation sites excluding steroid dienone is 1. The van der Waals surface area contributed by atoms with Crippen molar-refractivity contribution in [2.24, 2.45) is 0 Å². The molecule has 34 heavy (non-hydrogen) atoms. The Bertz CT molecular complexity index is 1260. The number of hydrogen-bond donors (Lipinski definition) is 0. The molecular formula is C28H28N2O4. The number of ether oxygens (including phenoxy) is 3. The first-order valence-corrected chi connectivity index (χ1v) is 11.3. The van der Waals surface area contributed by atoms with Crippen LogP contribution in [0.1, 0.15) is 32.6 Å². The number of carbonyl (C=O) groups excluding carboxylic acids is 1. The van der Waals surface area contributed by atoms with E-state index in [0.29, 0.717) is 30.3 Å². The van der Waals surface area contributed by atoms with Crippen molar-refractivity contribution < 1.29 is 19.0 Å². The fraction of sp³-hybridized carbons (Fsp3) is 0.250. The van der Waals surface area contributed by atoms with Crippen molar-refractivity contribution in [3.05, 3.63) is 88.2 Å². The van der Waals surface area contributed by atoms with Gasteiger partial charge in [-0.3, -0.25) is 9.69 Å². The van der Waals surface area contributed by atoms with Gasteiger partial charge in [-0.1, -0.05) is 24.3 Å². The molecule has 6 nitrogen and oxygen atoms in total. The van der Waals surface area contributed by atoms with Crippen LogP contribution in [0.15, 0.2) is 60.4 Å². The van der Waals surface area contributed by atoms with Crippen LogP contribution in [0, 0.1) is 6.92 Å². The molecule has 0 aromatic heterocycles. The highest BCUT2D eigenvalue weighted by atomic mass is 16.5. The second-order valence-electron chi connectivity index (χ2n) is 8.91. The molecule has 0 N–H and O–H groups in total. The largest absolute Gasteiger partial charge is 0.497 e. The van der Waals surface area contributed by atoms with E-state index in [1.807, 2.05) is 74.5 Å². The Morgan fingerprint density at radius 2 is 1.82 bits per heavy atom. The molecule has 0 amide bonds. The lowest BCUT2D eigenvalue weighted by Gasteiger charge is -2.30. The molecule has 0 unspecified atom stereocenters. The van der Waals surface area contributed by atoms with Crippen LogP contribution in [-0.2, 0) is 13.1 Å². The summed E-state index contributed by atoms with van der Waals surface area (Å²) in [5.74, 6) is 2.50. The molecule has 0 aliphatic carbocycles. The van der Waals surface area contributed by atoms with E-state index in [9.17, 15) is 4.79 Å². The van der Waals surface area contributed by atoms with E-state index in [-0.39, 0.29) is 5.78 Å². The first-order valence-electron chi connectivity index (χ1n) is 11.3. The van der Waals surface area contributed by atoms with Gasteiger partial charge < -0.3 is 19.1 Å². The molecular weight excluding hydrogens is 428 g/mol. The fourth-order valence-corrected chi connectivity index (χ4v) is 4.39. The van der Waals surface area contributed by atoms with E-state index in [4.69, 9.17) is 14.2 Å². The molecule has 0 atom stereocenters. The number of ketones is 1. The van der Waals surface area contributed by atoms with Crippen molar-refractivity contribution in [2.45, 2.75) is 20.0 Å². The molecule has 3 aromatic rings. The topological polar surface area (TPSA) is 51.2 Å². The number of carbonyl (C=O) groups is 1. The highest BCUT2D eigenvalue weighted by molar-refractivity contribution is 6.15. The van der Waals surface area contributed by atoms with Crippen molar-refractivity contribution in [1.29, 1.82) is 0 Å². The number of Topliss-reactive ketones (excluding diaryl/α,β-unsaturated/α-hetero) is 1. The van der Waals surface area contributed by atoms with Gasteiger partial charge in [-0.25, -0.2) is 0 Å². The van der Waals surface area contributed by atoms with Gasteiger partial charge in [-0.05, 0) is 60.0 Å². The molecule has 174 valence electrons. The maximum atomic E-state index is 13.2. The molecule has 6 heteroatoms. The van der Waals surface area contributed by atoms with Gasteiger partial charge in [-0.15, -0.1) is 0 Å². The standard InChI is InChI=1S/C28H28N2O4/c1-18-13-24-23(16-30(17-33-24)15-20-7-11-22(32-4)12-8-20)28-26(18)27(31)25(34-28)14-19-5-9-21(10-6-19)29(2)3/h5-14H,15-17H2,1-4H3/b25-14-. The molecule has 3 aromatic carbocycles. The maximum absolute atomic E-state index is 13.2. The Balaban J connectivity index is 1.41. The van der Waals surface area contributed by atoms with Crippen LogP contribution >= 0.6 is 0 Å². The number of anilines is 1. The first-order chi connectivity index (χ1) is 16.4. The van der Waals surface area contributed by atoms with E-state index in [2.05, 4.69) is 17.0 Å².